The van der Waals surface area contributed by atoms with Gasteiger partial charge in [0.1, 0.15) is 0 Å². The van der Waals surface area contributed by atoms with Crippen LogP contribution in [-0.4, -0.2) is 65.6 Å². The van der Waals surface area contributed by atoms with E-state index in [9.17, 15) is 14.4 Å². The van der Waals surface area contributed by atoms with Gasteiger partial charge in [0, 0.05) is 50.2 Å². The molecule has 0 atom stereocenters. The van der Waals surface area contributed by atoms with Gasteiger partial charge in [-0.05, 0) is 20.3 Å². The first-order valence-corrected chi connectivity index (χ1v) is 9.20. The Morgan fingerprint density at radius 2 is 2.04 bits per heavy atom. The molecule has 0 radical (unpaired) electrons. The number of esters is 1. The van der Waals surface area contributed by atoms with Gasteiger partial charge in [-0.2, -0.15) is 0 Å². The molecule has 0 unspecified atom stereocenters. The van der Waals surface area contributed by atoms with Gasteiger partial charge >= 0.3 is 10.8 Å². The van der Waals surface area contributed by atoms with E-state index in [4.69, 9.17) is 4.74 Å². The Bertz CT molecular complexity index is 625. The van der Waals surface area contributed by atoms with Crippen molar-refractivity contribution in [3.63, 3.8) is 0 Å². The zero-order chi connectivity index (χ0) is 17.5. The first-order valence-electron chi connectivity index (χ1n) is 8.32. The number of rotatable bonds is 6. The lowest BCUT2D eigenvalue weighted by Gasteiger charge is -2.21. The summed E-state index contributed by atoms with van der Waals surface area (Å²) < 4.78 is 6.62. The summed E-state index contributed by atoms with van der Waals surface area (Å²) in [6.07, 6.45) is 1.16. The topological polar surface area (TPSA) is 71.8 Å². The maximum atomic E-state index is 12.4. The van der Waals surface area contributed by atoms with Crippen LogP contribution in [0.15, 0.2) is 10.2 Å². The summed E-state index contributed by atoms with van der Waals surface area (Å²) in [5.74, 6) is -0.157. The van der Waals surface area contributed by atoms with Gasteiger partial charge < -0.3 is 14.2 Å². The smallest absolute Gasteiger partial charge is 0.320 e. The predicted octanol–water partition coefficient (Wildman–Crippen LogP) is 0.706. The van der Waals surface area contributed by atoms with Crippen molar-refractivity contribution in [2.75, 3.05) is 39.3 Å². The fourth-order valence-electron chi connectivity index (χ4n) is 2.81. The van der Waals surface area contributed by atoms with Crippen molar-refractivity contribution in [3.8, 4) is 0 Å². The van der Waals surface area contributed by atoms with Crippen molar-refractivity contribution in [2.45, 2.75) is 33.2 Å². The third-order valence-corrected chi connectivity index (χ3v) is 5.01. The average Bonchev–Trinajstić information content (AvgIpc) is 2.74. The molecule has 0 bridgehead atoms. The summed E-state index contributed by atoms with van der Waals surface area (Å²) >= 11 is 1.16. The molecule has 24 heavy (non-hydrogen) atoms. The van der Waals surface area contributed by atoms with Crippen LogP contribution in [0.2, 0.25) is 0 Å². The standard InChI is InChI=1S/C16H25N3O4S/c1-3-23-15(21)11-17-6-4-7-18(10-9-17)14(20)5-8-19-13(2)12-24-16(19)22/h12H,3-11H2,1-2H3. The van der Waals surface area contributed by atoms with Crippen LogP contribution in [0.5, 0.6) is 0 Å². The molecule has 1 aliphatic heterocycles. The van der Waals surface area contributed by atoms with E-state index in [-0.39, 0.29) is 23.3 Å². The van der Waals surface area contributed by atoms with Crippen molar-refractivity contribution in [1.82, 2.24) is 14.4 Å². The summed E-state index contributed by atoms with van der Waals surface area (Å²) in [7, 11) is 0. The zero-order valence-corrected chi connectivity index (χ0v) is 15.1. The molecular weight excluding hydrogens is 330 g/mol. The van der Waals surface area contributed by atoms with E-state index >= 15 is 0 Å². The summed E-state index contributed by atoms with van der Waals surface area (Å²) in [4.78, 5) is 39.5. The minimum absolute atomic E-state index is 0.0169. The number of hydrogen-bond donors (Lipinski definition) is 0. The molecule has 134 valence electrons. The van der Waals surface area contributed by atoms with E-state index in [2.05, 4.69) is 0 Å². The van der Waals surface area contributed by atoms with Crippen molar-refractivity contribution in [3.05, 3.63) is 20.7 Å². The van der Waals surface area contributed by atoms with E-state index in [1.165, 1.54) is 0 Å². The molecule has 0 aliphatic carbocycles. The van der Waals surface area contributed by atoms with Crippen LogP contribution in [0.3, 0.4) is 0 Å². The Balaban J connectivity index is 1.81. The molecular formula is C16H25N3O4S. The summed E-state index contributed by atoms with van der Waals surface area (Å²) in [5.41, 5.74) is 0.897. The number of nitrogens with zero attached hydrogens (tertiary/aromatic N) is 3. The monoisotopic (exact) mass is 355 g/mol. The number of carbonyl (C=O) groups excluding carboxylic acids is 2. The Labute approximate surface area is 145 Å². The Hall–Kier alpha value is -1.67. The second-order valence-electron chi connectivity index (χ2n) is 5.86. The molecule has 2 heterocycles. The van der Waals surface area contributed by atoms with Crippen molar-refractivity contribution in [1.29, 1.82) is 0 Å². The molecule has 1 aromatic heterocycles. The zero-order valence-electron chi connectivity index (χ0n) is 14.3. The number of aryl methyl sites for hydroxylation is 1. The lowest BCUT2D eigenvalue weighted by molar-refractivity contribution is -0.144. The molecule has 1 fully saturated rings. The van der Waals surface area contributed by atoms with Crippen LogP contribution in [0, 0.1) is 6.92 Å². The maximum Gasteiger partial charge on any atom is 0.320 e. The van der Waals surface area contributed by atoms with Crippen LogP contribution in [0.4, 0.5) is 0 Å². The third-order valence-electron chi connectivity index (χ3n) is 4.12. The molecule has 2 rings (SSSR count). The number of amides is 1. The quantitative estimate of drug-likeness (QED) is 0.703. The first-order chi connectivity index (χ1) is 11.5. The van der Waals surface area contributed by atoms with Crippen molar-refractivity contribution >= 4 is 23.2 Å². The summed E-state index contributed by atoms with van der Waals surface area (Å²) in [6, 6.07) is 0. The van der Waals surface area contributed by atoms with E-state index in [0.29, 0.717) is 39.2 Å². The van der Waals surface area contributed by atoms with E-state index < -0.39 is 0 Å². The highest BCUT2D eigenvalue weighted by Gasteiger charge is 2.21. The number of carbonyl (C=O) groups is 2. The van der Waals surface area contributed by atoms with E-state index in [0.717, 1.165) is 30.0 Å². The molecule has 0 aromatic carbocycles. The van der Waals surface area contributed by atoms with Gasteiger partial charge in [-0.1, -0.05) is 11.3 Å². The van der Waals surface area contributed by atoms with Crippen LogP contribution >= 0.6 is 11.3 Å². The highest BCUT2D eigenvalue weighted by atomic mass is 32.1. The Kier molecular flexibility index (Phi) is 6.99. The molecule has 8 heteroatoms. The van der Waals surface area contributed by atoms with Gasteiger partial charge in [0.15, 0.2) is 0 Å². The molecule has 0 spiro atoms. The first kappa shape index (κ1) is 18.7. The number of ether oxygens (including phenoxy) is 1. The molecule has 1 aromatic rings. The summed E-state index contributed by atoms with van der Waals surface area (Å²) in [5, 5.41) is 1.81. The van der Waals surface area contributed by atoms with Crippen molar-refractivity contribution < 1.29 is 14.3 Å². The summed E-state index contributed by atoms with van der Waals surface area (Å²) in [6.45, 7) is 7.51. The van der Waals surface area contributed by atoms with Crippen LogP contribution in [0.25, 0.3) is 0 Å². The Morgan fingerprint density at radius 1 is 1.25 bits per heavy atom. The largest absolute Gasteiger partial charge is 0.465 e. The molecule has 7 nitrogen and oxygen atoms in total. The molecule has 1 saturated heterocycles. The van der Waals surface area contributed by atoms with Gasteiger partial charge in [0.05, 0.1) is 13.2 Å². The second-order valence-corrected chi connectivity index (χ2v) is 6.68. The minimum atomic E-state index is -0.218. The lowest BCUT2D eigenvalue weighted by atomic mass is 10.3. The Morgan fingerprint density at radius 3 is 2.71 bits per heavy atom. The van der Waals surface area contributed by atoms with Gasteiger partial charge in [-0.15, -0.1) is 0 Å². The highest BCUT2D eigenvalue weighted by Crippen LogP contribution is 2.07. The fraction of sp³-hybridized carbons (Fsp3) is 0.688. The van der Waals surface area contributed by atoms with Crippen LogP contribution in [-0.2, 0) is 20.9 Å². The van der Waals surface area contributed by atoms with Crippen LogP contribution < -0.4 is 4.87 Å². The fourth-order valence-corrected chi connectivity index (χ4v) is 3.57. The van der Waals surface area contributed by atoms with Crippen LogP contribution in [0.1, 0.15) is 25.5 Å². The number of thiazole rings is 1. The number of hydrogen-bond acceptors (Lipinski definition) is 6. The SMILES string of the molecule is CCOC(=O)CN1CCCN(C(=O)CCn2c(C)csc2=O)CC1. The number of aromatic nitrogens is 1. The molecule has 0 saturated carbocycles. The van der Waals surface area contributed by atoms with Gasteiger partial charge in [-0.3, -0.25) is 19.3 Å². The van der Waals surface area contributed by atoms with Gasteiger partial charge in [0.2, 0.25) is 5.91 Å². The molecule has 1 amide bonds. The van der Waals surface area contributed by atoms with E-state index in [1.54, 1.807) is 11.5 Å². The molecule has 1 aliphatic rings. The predicted molar refractivity (Wildman–Crippen MR) is 92.2 cm³/mol. The maximum absolute atomic E-state index is 12.4. The lowest BCUT2D eigenvalue weighted by Crippen LogP contribution is -2.37. The normalized spacial score (nSPS) is 16.0. The van der Waals surface area contributed by atoms with Gasteiger partial charge in [0.25, 0.3) is 0 Å². The average molecular weight is 355 g/mol. The van der Waals surface area contributed by atoms with E-state index in [1.807, 2.05) is 22.1 Å². The highest BCUT2D eigenvalue weighted by molar-refractivity contribution is 7.07. The second kappa shape index (κ2) is 8.98. The molecule has 0 N–H and O–H groups in total. The minimum Gasteiger partial charge on any atom is -0.465 e. The van der Waals surface area contributed by atoms with Crippen molar-refractivity contribution in [2.24, 2.45) is 0 Å². The van der Waals surface area contributed by atoms with Gasteiger partial charge in [-0.25, -0.2) is 0 Å². The third kappa shape index (κ3) is 5.17.